The van der Waals surface area contributed by atoms with Crippen molar-refractivity contribution in [3.8, 4) is 11.4 Å². The van der Waals surface area contributed by atoms with Crippen molar-refractivity contribution in [2.24, 2.45) is 7.05 Å². The van der Waals surface area contributed by atoms with E-state index in [1.165, 1.54) is 0 Å². The van der Waals surface area contributed by atoms with Crippen molar-refractivity contribution >= 4 is 5.91 Å². The Morgan fingerprint density at radius 3 is 2.64 bits per heavy atom. The number of aromatic nitrogens is 4. The van der Waals surface area contributed by atoms with Gasteiger partial charge in [0.2, 0.25) is 0 Å². The van der Waals surface area contributed by atoms with Crippen molar-refractivity contribution in [3.63, 3.8) is 0 Å². The molecule has 1 aliphatic rings. The molecule has 2 aromatic heterocycles. The number of ether oxygens (including phenoxy) is 1. The minimum atomic E-state index is -0.116. The van der Waals surface area contributed by atoms with Crippen LogP contribution < -0.4 is 5.32 Å². The lowest BCUT2D eigenvalue weighted by Crippen LogP contribution is -2.40. The van der Waals surface area contributed by atoms with Gasteiger partial charge in [-0.3, -0.25) is 14.6 Å². The van der Waals surface area contributed by atoms with E-state index in [1.807, 2.05) is 19.3 Å². The largest absolute Gasteiger partial charge is 0.373 e. The van der Waals surface area contributed by atoms with Crippen LogP contribution >= 0.6 is 0 Å². The molecule has 0 aromatic carbocycles. The molecule has 1 amide bonds. The van der Waals surface area contributed by atoms with E-state index < -0.39 is 0 Å². The number of carbonyl (C=O) groups excluding carboxylic acids is 1. The molecule has 0 spiro atoms. The monoisotopic (exact) mass is 345 g/mol. The Hall–Kier alpha value is -2.15. The van der Waals surface area contributed by atoms with Crippen LogP contribution in [0.5, 0.6) is 0 Å². The predicted octanol–water partition coefficient (Wildman–Crippen LogP) is 2.67. The molecule has 2 heterocycles. The van der Waals surface area contributed by atoms with Gasteiger partial charge in [0, 0.05) is 19.3 Å². The molecule has 0 unspecified atom stereocenters. The van der Waals surface area contributed by atoms with E-state index in [2.05, 4.69) is 41.4 Å². The zero-order valence-electron chi connectivity index (χ0n) is 15.4. The molecule has 3 rings (SSSR count). The molecule has 1 fully saturated rings. The number of H-pyrrole nitrogens is 1. The lowest BCUT2D eigenvalue weighted by Gasteiger charge is -2.33. The minimum absolute atomic E-state index is 0.102. The number of hydrogen-bond donors (Lipinski definition) is 2. The number of nitrogens with one attached hydrogen (secondary N) is 2. The molecule has 0 saturated heterocycles. The fraction of sp³-hybridized carbons (Fsp3) is 0.611. The second-order valence-electron chi connectivity index (χ2n) is 7.71. The van der Waals surface area contributed by atoms with Crippen LogP contribution in [0.1, 0.15) is 56.8 Å². The summed E-state index contributed by atoms with van der Waals surface area (Å²) in [6, 6.07) is 2.04. The molecule has 7 nitrogen and oxygen atoms in total. The Kier molecular flexibility index (Phi) is 4.94. The van der Waals surface area contributed by atoms with Crippen molar-refractivity contribution < 1.29 is 9.53 Å². The Morgan fingerprint density at radius 1 is 1.32 bits per heavy atom. The highest BCUT2D eigenvalue weighted by molar-refractivity contribution is 5.99. The van der Waals surface area contributed by atoms with E-state index >= 15 is 0 Å². The second kappa shape index (κ2) is 7.00. The molecule has 0 atom stereocenters. The Labute approximate surface area is 148 Å². The highest BCUT2D eigenvalue weighted by Gasteiger charge is 2.27. The maximum absolute atomic E-state index is 12.6. The molecule has 1 aliphatic carbocycles. The van der Waals surface area contributed by atoms with Crippen LogP contribution in [-0.2, 0) is 11.8 Å². The highest BCUT2D eigenvalue weighted by Crippen LogP contribution is 2.26. The smallest absolute Gasteiger partial charge is 0.255 e. The van der Waals surface area contributed by atoms with E-state index in [4.69, 9.17) is 4.74 Å². The third-order valence-electron chi connectivity index (χ3n) is 4.38. The molecule has 7 heteroatoms. The van der Waals surface area contributed by atoms with Crippen molar-refractivity contribution in [1.29, 1.82) is 0 Å². The summed E-state index contributed by atoms with van der Waals surface area (Å²) in [5.74, 6) is -0.102. The number of hydrogen-bond acceptors (Lipinski definition) is 4. The lowest BCUT2D eigenvalue weighted by atomic mass is 9.92. The number of aromatic amines is 1. The Morgan fingerprint density at radius 2 is 2.04 bits per heavy atom. The molecule has 2 N–H and O–H groups in total. The number of aryl methyl sites for hydroxylation is 1. The third kappa shape index (κ3) is 4.48. The molecule has 0 radical (unpaired) electrons. The van der Waals surface area contributed by atoms with E-state index in [1.54, 1.807) is 10.9 Å². The average molecular weight is 345 g/mol. The van der Waals surface area contributed by atoms with E-state index in [-0.39, 0.29) is 23.7 Å². The van der Waals surface area contributed by atoms with Gasteiger partial charge < -0.3 is 10.1 Å². The van der Waals surface area contributed by atoms with Crippen LogP contribution in [0.15, 0.2) is 18.5 Å². The fourth-order valence-corrected chi connectivity index (χ4v) is 3.29. The van der Waals surface area contributed by atoms with Gasteiger partial charge in [-0.1, -0.05) is 0 Å². The summed E-state index contributed by atoms with van der Waals surface area (Å²) in [6.07, 6.45) is 7.50. The maximum Gasteiger partial charge on any atom is 0.255 e. The van der Waals surface area contributed by atoms with Crippen molar-refractivity contribution in [2.45, 2.75) is 64.2 Å². The topological polar surface area (TPSA) is 84.8 Å². The van der Waals surface area contributed by atoms with Gasteiger partial charge in [0.25, 0.3) is 5.91 Å². The first-order chi connectivity index (χ1) is 11.8. The number of carbonyl (C=O) groups is 1. The normalized spacial score (nSPS) is 21.3. The van der Waals surface area contributed by atoms with Crippen LogP contribution in [0.2, 0.25) is 0 Å². The molecule has 136 valence electrons. The third-order valence-corrected chi connectivity index (χ3v) is 4.38. The molecule has 1 saturated carbocycles. The molecular formula is C18H27N5O2. The van der Waals surface area contributed by atoms with Crippen molar-refractivity contribution in [3.05, 3.63) is 24.0 Å². The summed E-state index contributed by atoms with van der Waals surface area (Å²) in [5.41, 5.74) is 1.79. The van der Waals surface area contributed by atoms with Crippen molar-refractivity contribution in [1.82, 2.24) is 25.3 Å². The van der Waals surface area contributed by atoms with Crippen molar-refractivity contribution in [2.75, 3.05) is 0 Å². The first kappa shape index (κ1) is 17.7. The van der Waals surface area contributed by atoms with E-state index in [0.717, 1.165) is 25.7 Å². The summed E-state index contributed by atoms with van der Waals surface area (Å²) >= 11 is 0. The van der Waals surface area contributed by atoms with Gasteiger partial charge in [-0.15, -0.1) is 0 Å². The van der Waals surface area contributed by atoms with Crippen LogP contribution in [0.3, 0.4) is 0 Å². The first-order valence-electron chi connectivity index (χ1n) is 8.84. The number of amides is 1. The van der Waals surface area contributed by atoms with Crippen LogP contribution in [0.4, 0.5) is 0 Å². The lowest BCUT2D eigenvalue weighted by molar-refractivity contribution is -0.0757. The second-order valence-corrected chi connectivity index (χ2v) is 7.71. The van der Waals surface area contributed by atoms with Gasteiger partial charge in [0.15, 0.2) is 0 Å². The number of rotatable bonds is 4. The highest BCUT2D eigenvalue weighted by atomic mass is 16.5. The van der Waals surface area contributed by atoms with Crippen LogP contribution in [0.25, 0.3) is 11.4 Å². The zero-order chi connectivity index (χ0) is 18.0. The van der Waals surface area contributed by atoms with E-state index in [0.29, 0.717) is 17.0 Å². The van der Waals surface area contributed by atoms with Gasteiger partial charge in [-0.25, -0.2) is 0 Å². The molecule has 2 aromatic rings. The van der Waals surface area contributed by atoms with Gasteiger partial charge >= 0.3 is 0 Å². The predicted molar refractivity (Wildman–Crippen MR) is 95.1 cm³/mol. The minimum Gasteiger partial charge on any atom is -0.373 e. The van der Waals surface area contributed by atoms with E-state index in [9.17, 15) is 4.79 Å². The molecule has 0 bridgehead atoms. The van der Waals surface area contributed by atoms with Gasteiger partial charge in [0.05, 0.1) is 29.2 Å². The fourth-order valence-electron chi connectivity index (χ4n) is 3.29. The molecule has 0 aliphatic heterocycles. The Bertz CT molecular complexity index is 720. The zero-order valence-corrected chi connectivity index (χ0v) is 15.4. The summed E-state index contributed by atoms with van der Waals surface area (Å²) < 4.78 is 7.75. The van der Waals surface area contributed by atoms with Gasteiger partial charge in [0.1, 0.15) is 5.69 Å². The van der Waals surface area contributed by atoms with Gasteiger partial charge in [-0.2, -0.15) is 10.2 Å². The summed E-state index contributed by atoms with van der Waals surface area (Å²) in [5, 5.41) is 14.4. The number of nitrogens with zero attached hydrogens (tertiary/aromatic N) is 3. The molecule has 25 heavy (non-hydrogen) atoms. The standard InChI is InChI=1S/C18H27N5O2/c1-18(2,3)25-13-7-5-12(6-8-13)20-17(24)14-11-19-21-16(14)15-9-10-23(4)22-15/h9-13H,5-8H2,1-4H3,(H,19,21)(H,20,24). The van der Waals surface area contributed by atoms with Gasteiger partial charge in [-0.05, 0) is 52.5 Å². The summed E-state index contributed by atoms with van der Waals surface area (Å²) in [7, 11) is 1.84. The quantitative estimate of drug-likeness (QED) is 0.892. The maximum atomic E-state index is 12.6. The SMILES string of the molecule is Cn1ccc(-c2[nH]ncc2C(=O)NC2CCC(OC(C)(C)C)CC2)n1. The summed E-state index contributed by atoms with van der Waals surface area (Å²) in [4.78, 5) is 12.6. The summed E-state index contributed by atoms with van der Waals surface area (Å²) in [6.45, 7) is 6.25. The first-order valence-corrected chi connectivity index (χ1v) is 8.84. The molecular weight excluding hydrogens is 318 g/mol. The van der Waals surface area contributed by atoms with Crippen LogP contribution in [-0.4, -0.2) is 43.6 Å². The Balaban J connectivity index is 1.58. The van der Waals surface area contributed by atoms with Crippen LogP contribution in [0, 0.1) is 0 Å². The average Bonchev–Trinajstić information content (AvgIpc) is 3.16.